The predicted octanol–water partition coefficient (Wildman–Crippen LogP) is 8.91. The molecule has 0 bridgehead atoms. The van der Waals surface area contributed by atoms with Gasteiger partial charge in [0.1, 0.15) is 67.4 Å². The van der Waals surface area contributed by atoms with E-state index in [1.165, 1.54) is 59.5 Å². The van der Waals surface area contributed by atoms with E-state index < -0.39 is 0 Å². The molecule has 0 radical (unpaired) electrons. The molecule has 0 aliphatic carbocycles. The van der Waals surface area contributed by atoms with Crippen LogP contribution in [0, 0.1) is 0 Å². The fourth-order valence-electron chi connectivity index (χ4n) is 12.6. The van der Waals surface area contributed by atoms with Crippen molar-refractivity contribution in [1.29, 1.82) is 0 Å². The van der Waals surface area contributed by atoms with E-state index in [4.69, 9.17) is 0 Å². The largest absolute Gasteiger partial charge is 1.00 e. The van der Waals surface area contributed by atoms with E-state index in [0.717, 1.165) is 128 Å². The number of unbranched alkanes of at least 4 members (excludes halogenated alkanes) is 5. The zero-order chi connectivity index (χ0) is 74.2. The van der Waals surface area contributed by atoms with Crippen molar-refractivity contribution in [2.24, 2.45) is 0 Å². The summed E-state index contributed by atoms with van der Waals surface area (Å²) in [5, 5.41) is 66.7. The highest BCUT2D eigenvalue weighted by Crippen LogP contribution is 2.40. The number of piperazine rings is 1. The van der Waals surface area contributed by atoms with Crippen LogP contribution < -0.4 is 51.6 Å². The molecule has 3 aromatic heterocycles. The van der Waals surface area contributed by atoms with Gasteiger partial charge in [-0.1, -0.05) is 172 Å². The van der Waals surface area contributed by atoms with Gasteiger partial charge < -0.3 is 85.7 Å². The van der Waals surface area contributed by atoms with Gasteiger partial charge in [0, 0.05) is 88.1 Å². The summed E-state index contributed by atoms with van der Waals surface area (Å²) in [7, 11) is 13.1. The Morgan fingerprint density at radius 3 is 1.06 bits per heavy atom. The Morgan fingerprint density at radius 2 is 0.738 bits per heavy atom. The van der Waals surface area contributed by atoms with Crippen molar-refractivity contribution >= 4 is 50.8 Å². The maximum Gasteiger partial charge on any atom is 0.222 e. The Bertz CT molecular complexity index is 4160. The molecule has 0 saturated carbocycles. The fourth-order valence-corrected chi connectivity index (χ4v) is 12.6. The van der Waals surface area contributed by atoms with E-state index in [0.29, 0.717) is 68.7 Å². The molecule has 590 valence electrons. The summed E-state index contributed by atoms with van der Waals surface area (Å²) in [6, 6.07) is 34.6. The van der Waals surface area contributed by atoms with E-state index in [1.54, 1.807) is 0 Å². The summed E-state index contributed by atoms with van der Waals surface area (Å²) in [5.74, 6) is 0.821. The zero-order valence-electron chi connectivity index (χ0n) is 64.8. The Hall–Kier alpha value is -7.58. The molecular formula is C84H129BrIN15O6. The lowest BCUT2D eigenvalue weighted by Gasteiger charge is -2.32. The second kappa shape index (κ2) is 41.8. The highest BCUT2D eigenvalue weighted by Gasteiger charge is 2.28. The fraction of sp³-hybridized carbons (Fsp3) is 0.536. The maximum atomic E-state index is 12.7. The lowest BCUT2D eigenvalue weighted by atomic mass is 9.84. The first-order chi connectivity index (χ1) is 48.2. The number of phenolic OH excluding ortho intramolecular Hbond substituents is 3. The lowest BCUT2D eigenvalue weighted by molar-refractivity contribution is -0.890. The zero-order valence-corrected chi connectivity index (χ0v) is 68.5. The number of fused-ring (bicyclic) bond motifs is 3. The summed E-state index contributed by atoms with van der Waals surface area (Å²) < 4.78 is 1.89. The van der Waals surface area contributed by atoms with E-state index in [1.807, 2.05) is 114 Å². The number of carbonyl (C=O) groups is 3. The number of quaternary nitrogens is 2. The Kier molecular flexibility index (Phi) is 36.6. The van der Waals surface area contributed by atoms with Gasteiger partial charge in [-0.2, -0.15) is 0 Å². The third-order valence-electron chi connectivity index (χ3n) is 18.9. The van der Waals surface area contributed by atoms with Crippen molar-refractivity contribution < 1.29 is 79.6 Å². The van der Waals surface area contributed by atoms with Gasteiger partial charge in [-0.3, -0.25) is 14.4 Å². The summed E-state index contributed by atoms with van der Waals surface area (Å²) in [6.07, 6.45) is 12.9. The van der Waals surface area contributed by atoms with Crippen molar-refractivity contribution in [1.82, 2.24) is 65.4 Å². The standard InChI is InChI=1S/C32H49N5O2.C25H35N5O2.C24H31N5O2.3CH4.BrH.HI/c1-7-8-9-10-11-14-21-37(5,6)22-15-20-33-30(38)19-18-25-23-26(32(2,3)4)31(39)29(24-25)36-34-27-16-12-13-17-28(27)35-36;1-25(2,3)19-16-18(12-13-23(31)26-14-9-15-30(4,5)6)17-22(24(19)32)29-27-20-10-7-8-11-21(20)28-29;1-24(2,3)18-15-17(9-10-22(30)28-13-11-27(4)12-14-28)16-21(23(18)31)29-25-19-7-5-6-8-20(19)26-29;;;;;/h12-13,16-17,23-24H,7-11,14-15,18-22H2,1-6H3,(H-,33,38,39);7-8,10-11,16-17H,9,12-15H2,1-6H3,(H-,26,31,32);5-8,15-16,31H,9-14H2,1-4H3;3*1H4;2*1H. The average molecular weight is 1650 g/mol. The molecule has 107 heavy (non-hydrogen) atoms. The highest BCUT2D eigenvalue weighted by molar-refractivity contribution is 5.79. The molecule has 6 aromatic carbocycles. The minimum absolute atomic E-state index is 0. The number of hydrogen-bond donors (Lipinski definition) is 5. The van der Waals surface area contributed by atoms with Gasteiger partial charge in [0.05, 0.1) is 54.9 Å². The molecular weight excluding hydrogens is 1520 g/mol. The van der Waals surface area contributed by atoms with Crippen molar-refractivity contribution in [2.45, 2.75) is 198 Å². The number of aromatic hydroxyl groups is 3. The summed E-state index contributed by atoms with van der Waals surface area (Å²) in [5.41, 5.74) is 10.9. The van der Waals surface area contributed by atoms with Crippen LogP contribution in [0.25, 0.3) is 50.2 Å². The van der Waals surface area contributed by atoms with Crippen LogP contribution >= 0.6 is 0 Å². The second-order valence-electron chi connectivity index (χ2n) is 32.5. The van der Waals surface area contributed by atoms with Crippen LogP contribution in [-0.4, -0.2) is 198 Å². The number of likely N-dealkylation sites (N-methyl/N-ethyl adjacent to an activating group) is 1. The number of amides is 3. The number of rotatable bonds is 27. The van der Waals surface area contributed by atoms with Crippen molar-refractivity contribution in [3.05, 3.63) is 143 Å². The monoisotopic (exact) mass is 1650 g/mol. The highest BCUT2D eigenvalue weighted by atomic mass is 127. The molecule has 4 heterocycles. The van der Waals surface area contributed by atoms with Crippen LogP contribution in [0.15, 0.2) is 109 Å². The normalized spacial score (nSPS) is 12.7. The number of benzene rings is 6. The molecule has 1 saturated heterocycles. The smallest absolute Gasteiger partial charge is 0.222 e. The number of halogens is 2. The third-order valence-corrected chi connectivity index (χ3v) is 18.9. The molecule has 1 aliphatic rings. The van der Waals surface area contributed by atoms with Gasteiger partial charge in [-0.05, 0) is 127 Å². The van der Waals surface area contributed by atoms with Crippen molar-refractivity contribution in [3.63, 3.8) is 0 Å². The Labute approximate surface area is 667 Å². The third kappa shape index (κ3) is 27.8. The number of aryl methyl sites for hydroxylation is 3. The molecule has 23 heteroatoms. The second-order valence-corrected chi connectivity index (χ2v) is 32.5. The van der Waals surface area contributed by atoms with E-state index in [9.17, 15) is 29.7 Å². The van der Waals surface area contributed by atoms with Gasteiger partial charge in [-0.15, -0.1) is 45.0 Å². The summed E-state index contributed by atoms with van der Waals surface area (Å²) >= 11 is 0. The van der Waals surface area contributed by atoms with Gasteiger partial charge >= 0.3 is 0 Å². The van der Waals surface area contributed by atoms with Gasteiger partial charge in [-0.25, -0.2) is 0 Å². The Morgan fingerprint density at radius 1 is 0.439 bits per heavy atom. The van der Waals surface area contributed by atoms with Crippen molar-refractivity contribution in [2.75, 3.05) is 101 Å². The van der Waals surface area contributed by atoms with Crippen LogP contribution in [0.2, 0.25) is 0 Å². The average Bonchev–Trinajstić information content (AvgIpc) is 1.77. The number of nitrogens with one attached hydrogen (secondary N) is 2. The molecule has 21 nitrogen and oxygen atoms in total. The van der Waals surface area contributed by atoms with Crippen LogP contribution in [0.5, 0.6) is 17.2 Å². The van der Waals surface area contributed by atoms with Gasteiger partial charge in [0.2, 0.25) is 17.7 Å². The summed E-state index contributed by atoms with van der Waals surface area (Å²) in [6.45, 7) is 28.9. The quantitative estimate of drug-likeness (QED) is 0.0184. The molecule has 5 N–H and O–H groups in total. The van der Waals surface area contributed by atoms with Crippen molar-refractivity contribution in [3.8, 4) is 34.3 Å². The van der Waals surface area contributed by atoms with E-state index in [2.05, 4.69) is 158 Å². The van der Waals surface area contributed by atoms with Crippen LogP contribution in [0.1, 0.15) is 196 Å². The molecule has 0 unspecified atom stereocenters. The first-order valence-corrected chi connectivity index (χ1v) is 36.8. The number of hydrogen-bond acceptors (Lipinski definition) is 13. The van der Waals surface area contributed by atoms with Gasteiger partial charge in [0.25, 0.3) is 0 Å². The molecule has 0 spiro atoms. The maximum absolute atomic E-state index is 12.7. The van der Waals surface area contributed by atoms with E-state index in [-0.39, 0.29) is 114 Å². The van der Waals surface area contributed by atoms with Gasteiger partial charge in [0.15, 0.2) is 0 Å². The molecule has 0 atom stereocenters. The number of nitrogens with zero attached hydrogens (tertiary/aromatic N) is 13. The van der Waals surface area contributed by atoms with Crippen LogP contribution in [0.4, 0.5) is 0 Å². The SMILES string of the molecule is C.C.C.CC(C)(C)c1cc(CCC(=O)NCCC[N+](C)(C)C)cc(-n2nc3ccccc3n2)c1O.CCCCCCCC[N+](C)(C)CCCNC(=O)CCc1cc(-n2nc3ccccc3n2)c(O)c(C(C)(C)C)c1.CN1CCN(C(=O)CCc2cc(-n3nc4ccccc4n3)c(O)c(C(C)(C)C)c2)CC1.[Br-].[I-]. The first kappa shape index (κ1) is 93.6. The number of aromatic nitrogens is 9. The van der Waals surface area contributed by atoms with Crippen LogP contribution in [-0.2, 0) is 49.9 Å². The Balaban J connectivity index is 0.000000410. The predicted molar refractivity (Wildman–Crippen MR) is 430 cm³/mol. The first-order valence-electron chi connectivity index (χ1n) is 36.8. The molecule has 1 aliphatic heterocycles. The summed E-state index contributed by atoms with van der Waals surface area (Å²) in [4.78, 5) is 46.4. The minimum Gasteiger partial charge on any atom is -1.00 e. The molecule has 1 fully saturated rings. The van der Waals surface area contributed by atoms with E-state index >= 15 is 0 Å². The number of phenols is 3. The number of carbonyl (C=O) groups excluding carboxylic acids is 3. The topological polar surface area (TPSA) is 235 Å². The molecule has 3 amide bonds. The molecule has 10 rings (SSSR count). The molecule has 9 aromatic rings. The van der Waals surface area contributed by atoms with Crippen LogP contribution in [0.3, 0.4) is 0 Å². The minimum atomic E-state index is -0.274. The lowest BCUT2D eigenvalue weighted by Crippen LogP contribution is -3.00.